The Labute approximate surface area is 178 Å². The number of imide groups is 1. The summed E-state index contributed by atoms with van der Waals surface area (Å²) in [5.74, 6) is -1.25. The van der Waals surface area contributed by atoms with Crippen molar-refractivity contribution in [1.82, 2.24) is 15.5 Å². The van der Waals surface area contributed by atoms with Crippen LogP contribution in [0.3, 0.4) is 0 Å². The molecule has 1 aromatic heterocycles. The van der Waals surface area contributed by atoms with Gasteiger partial charge >= 0.3 is 6.61 Å². The molecule has 2 N–H and O–H groups in total. The molecule has 7 nitrogen and oxygen atoms in total. The molecule has 0 spiro atoms. The molecule has 3 aromatic rings. The molecule has 1 heterocycles. The van der Waals surface area contributed by atoms with E-state index in [1.807, 2.05) is 31.2 Å². The Morgan fingerprint density at radius 2 is 1.80 bits per heavy atom. The number of carbonyl (C=O) groups is 2. The van der Waals surface area contributed by atoms with E-state index in [0.29, 0.717) is 9.47 Å². The van der Waals surface area contributed by atoms with Crippen LogP contribution in [0.5, 0.6) is 5.75 Å². The molecule has 0 unspecified atom stereocenters. The third-order valence-electron chi connectivity index (χ3n) is 3.63. The zero-order valence-corrected chi connectivity index (χ0v) is 17.2. The summed E-state index contributed by atoms with van der Waals surface area (Å²) in [5, 5.41) is 14.0. The Morgan fingerprint density at radius 1 is 1.10 bits per heavy atom. The highest BCUT2D eigenvalue weighted by atomic mass is 32.2. The average Bonchev–Trinajstić information content (AvgIpc) is 3.15. The fourth-order valence-electron chi connectivity index (χ4n) is 2.23. The van der Waals surface area contributed by atoms with Crippen molar-refractivity contribution in [3.63, 3.8) is 0 Å². The van der Waals surface area contributed by atoms with E-state index in [9.17, 15) is 18.4 Å². The lowest BCUT2D eigenvalue weighted by Crippen LogP contribution is -2.31. The lowest BCUT2D eigenvalue weighted by molar-refractivity contribution is -0.117. The van der Waals surface area contributed by atoms with Crippen molar-refractivity contribution in [1.29, 1.82) is 0 Å². The maximum absolute atomic E-state index is 12.1. The highest BCUT2D eigenvalue weighted by molar-refractivity contribution is 8.01. The van der Waals surface area contributed by atoms with E-state index in [1.165, 1.54) is 35.6 Å². The molecule has 11 heteroatoms. The highest BCUT2D eigenvalue weighted by Crippen LogP contribution is 2.27. The first kappa shape index (κ1) is 21.7. The summed E-state index contributed by atoms with van der Waals surface area (Å²) in [4.78, 5) is 24.1. The van der Waals surface area contributed by atoms with Gasteiger partial charge in [0.1, 0.15) is 5.75 Å². The third-order valence-corrected chi connectivity index (χ3v) is 5.60. The average molecular weight is 450 g/mol. The molecular weight excluding hydrogens is 434 g/mol. The summed E-state index contributed by atoms with van der Waals surface area (Å²) in [7, 11) is 0. The summed E-state index contributed by atoms with van der Waals surface area (Å²) in [5.41, 5.74) is 2.17. The van der Waals surface area contributed by atoms with Crippen LogP contribution in [0.2, 0.25) is 0 Å². The Morgan fingerprint density at radius 3 is 2.47 bits per heavy atom. The van der Waals surface area contributed by atoms with Gasteiger partial charge in [-0.1, -0.05) is 40.8 Å². The number of thioether (sulfide) groups is 1. The molecule has 0 aliphatic heterocycles. The standard InChI is InChI=1S/C19H16F2N4O3S2/c1-11-2-6-13(7-3-11)22-18-24-25-19(30-18)29-10-15(26)23-16(27)12-4-8-14(9-5-12)28-17(20)21/h2-9,17H,10H2,1H3,(H,22,24)(H,23,26,27). The molecule has 0 saturated carbocycles. The number of hydrogen-bond donors (Lipinski definition) is 2. The fraction of sp³-hybridized carbons (Fsp3) is 0.158. The predicted octanol–water partition coefficient (Wildman–Crippen LogP) is 4.24. The minimum absolute atomic E-state index is 0.0303. The van der Waals surface area contributed by atoms with E-state index in [0.717, 1.165) is 23.0 Å². The van der Waals surface area contributed by atoms with E-state index < -0.39 is 18.4 Å². The Kier molecular flexibility index (Phi) is 7.31. The number of hydrogen-bond acceptors (Lipinski definition) is 8. The van der Waals surface area contributed by atoms with Crippen LogP contribution in [0.25, 0.3) is 0 Å². The van der Waals surface area contributed by atoms with Gasteiger partial charge in [-0.15, -0.1) is 10.2 Å². The van der Waals surface area contributed by atoms with Crippen molar-refractivity contribution in [3.05, 3.63) is 59.7 Å². The van der Waals surface area contributed by atoms with Crippen molar-refractivity contribution < 1.29 is 23.1 Å². The number of nitrogens with zero attached hydrogens (tertiary/aromatic N) is 2. The fourth-order valence-corrected chi connectivity index (χ4v) is 3.80. The summed E-state index contributed by atoms with van der Waals surface area (Å²) >= 11 is 2.43. The second-order valence-corrected chi connectivity index (χ2v) is 8.13. The zero-order valence-electron chi connectivity index (χ0n) is 15.6. The molecule has 3 rings (SSSR count). The maximum atomic E-state index is 12.1. The minimum atomic E-state index is -2.95. The number of rotatable bonds is 8. The Balaban J connectivity index is 1.47. The van der Waals surface area contributed by atoms with Crippen LogP contribution < -0.4 is 15.4 Å². The molecular formula is C19H16F2N4O3S2. The van der Waals surface area contributed by atoms with Crippen molar-refractivity contribution in [2.45, 2.75) is 17.9 Å². The second kappa shape index (κ2) is 10.1. The lowest BCUT2D eigenvalue weighted by atomic mass is 10.2. The lowest BCUT2D eigenvalue weighted by Gasteiger charge is -2.06. The largest absolute Gasteiger partial charge is 0.435 e. The number of nitrogens with one attached hydrogen (secondary N) is 2. The zero-order chi connectivity index (χ0) is 21.5. The molecule has 2 aromatic carbocycles. The van der Waals surface area contributed by atoms with Crippen molar-refractivity contribution in [2.75, 3.05) is 11.1 Å². The van der Waals surface area contributed by atoms with Gasteiger partial charge in [0.05, 0.1) is 5.75 Å². The summed E-state index contributed by atoms with van der Waals surface area (Å²) in [6, 6.07) is 12.8. The first-order valence-corrected chi connectivity index (χ1v) is 10.4. The molecule has 0 aliphatic rings. The van der Waals surface area contributed by atoms with Gasteiger partial charge in [0, 0.05) is 11.3 Å². The first-order chi connectivity index (χ1) is 14.4. The van der Waals surface area contributed by atoms with E-state index >= 15 is 0 Å². The van der Waals surface area contributed by atoms with Gasteiger partial charge in [-0.2, -0.15) is 8.78 Å². The number of ether oxygens (including phenoxy) is 1. The summed E-state index contributed by atoms with van der Waals surface area (Å²) in [6.07, 6.45) is 0. The highest BCUT2D eigenvalue weighted by Gasteiger charge is 2.13. The molecule has 2 amide bonds. The minimum Gasteiger partial charge on any atom is -0.435 e. The molecule has 0 bridgehead atoms. The molecule has 0 radical (unpaired) electrons. The normalized spacial score (nSPS) is 10.7. The van der Waals surface area contributed by atoms with Crippen LogP contribution in [0.15, 0.2) is 52.9 Å². The van der Waals surface area contributed by atoms with Crippen LogP contribution in [-0.2, 0) is 4.79 Å². The Bertz CT molecular complexity index is 1010. The topological polar surface area (TPSA) is 93.2 Å². The van der Waals surface area contributed by atoms with Gasteiger partial charge in [-0.05, 0) is 43.3 Å². The van der Waals surface area contributed by atoms with E-state index in [1.54, 1.807) is 0 Å². The van der Waals surface area contributed by atoms with Crippen molar-refractivity contribution >= 4 is 45.7 Å². The number of aromatic nitrogens is 2. The van der Waals surface area contributed by atoms with Crippen molar-refractivity contribution in [3.8, 4) is 5.75 Å². The van der Waals surface area contributed by atoms with Gasteiger partial charge in [-0.3, -0.25) is 14.9 Å². The molecule has 0 atom stereocenters. The maximum Gasteiger partial charge on any atom is 0.387 e. The van der Waals surface area contributed by atoms with Gasteiger partial charge < -0.3 is 10.1 Å². The van der Waals surface area contributed by atoms with Crippen molar-refractivity contribution in [2.24, 2.45) is 0 Å². The first-order valence-electron chi connectivity index (χ1n) is 8.58. The number of halogens is 2. The number of amides is 2. The smallest absolute Gasteiger partial charge is 0.387 e. The quantitative estimate of drug-likeness (QED) is 0.496. The van der Waals surface area contributed by atoms with Crippen LogP contribution in [0.4, 0.5) is 19.6 Å². The van der Waals surface area contributed by atoms with E-state index in [4.69, 9.17) is 0 Å². The molecule has 30 heavy (non-hydrogen) atoms. The molecule has 156 valence electrons. The molecule has 0 fully saturated rings. The summed E-state index contributed by atoms with van der Waals surface area (Å²) < 4.78 is 29.1. The van der Waals surface area contributed by atoms with Crippen LogP contribution >= 0.6 is 23.1 Å². The molecule has 0 aliphatic carbocycles. The Hall–Kier alpha value is -3.05. The second-order valence-electron chi connectivity index (χ2n) is 5.93. The van der Waals surface area contributed by atoms with Gasteiger partial charge in [0.15, 0.2) is 4.34 Å². The number of benzene rings is 2. The van der Waals surface area contributed by atoms with Gasteiger partial charge in [0.2, 0.25) is 11.0 Å². The van der Waals surface area contributed by atoms with E-state index in [-0.39, 0.29) is 17.1 Å². The van der Waals surface area contributed by atoms with E-state index in [2.05, 4.69) is 25.6 Å². The molecule has 0 saturated heterocycles. The third kappa shape index (κ3) is 6.49. The summed E-state index contributed by atoms with van der Waals surface area (Å²) in [6.45, 7) is -0.952. The predicted molar refractivity (Wildman–Crippen MR) is 111 cm³/mol. The SMILES string of the molecule is Cc1ccc(Nc2nnc(SCC(=O)NC(=O)c3ccc(OC(F)F)cc3)s2)cc1. The van der Waals surface area contributed by atoms with Crippen LogP contribution in [0, 0.1) is 6.92 Å². The van der Waals surface area contributed by atoms with Gasteiger partial charge in [0.25, 0.3) is 5.91 Å². The number of alkyl halides is 2. The van der Waals surface area contributed by atoms with Gasteiger partial charge in [-0.25, -0.2) is 0 Å². The van der Waals surface area contributed by atoms with Crippen LogP contribution in [0.1, 0.15) is 15.9 Å². The number of carbonyl (C=O) groups excluding carboxylic acids is 2. The van der Waals surface area contributed by atoms with Crippen LogP contribution in [-0.4, -0.2) is 34.4 Å². The number of anilines is 2. The number of aryl methyl sites for hydroxylation is 1. The monoisotopic (exact) mass is 450 g/mol.